The predicted octanol–water partition coefficient (Wildman–Crippen LogP) is 1.22. The van der Waals surface area contributed by atoms with Gasteiger partial charge in [0.1, 0.15) is 5.69 Å². The number of carbonyl (C=O) groups excluding carboxylic acids is 1. The molecule has 1 atom stereocenters. The van der Waals surface area contributed by atoms with Gasteiger partial charge in [-0.15, -0.1) is 0 Å². The summed E-state index contributed by atoms with van der Waals surface area (Å²) in [6.07, 6.45) is -0.312. The van der Waals surface area contributed by atoms with Gasteiger partial charge in [0.05, 0.1) is 6.54 Å². The second kappa shape index (κ2) is 6.34. The summed E-state index contributed by atoms with van der Waals surface area (Å²) in [5.41, 5.74) is 5.70. The highest BCUT2D eigenvalue weighted by molar-refractivity contribution is 5.92. The molecular weight excluding hydrogens is 228 g/mol. The summed E-state index contributed by atoms with van der Waals surface area (Å²) in [6, 6.07) is 2.96. The van der Waals surface area contributed by atoms with Crippen molar-refractivity contribution in [2.24, 2.45) is 5.73 Å². The summed E-state index contributed by atoms with van der Waals surface area (Å²) in [5, 5.41) is 2.70. The van der Waals surface area contributed by atoms with Crippen molar-refractivity contribution < 1.29 is 13.6 Å². The smallest absolute Gasteiger partial charge is 0.268 e. The molecule has 0 saturated heterocycles. The molecule has 0 saturated carbocycles. The quantitative estimate of drug-likeness (QED) is 0.791. The number of rotatable bonds is 6. The first-order valence-corrected chi connectivity index (χ1v) is 5.52. The molecule has 0 aliphatic heterocycles. The van der Waals surface area contributed by atoms with E-state index in [1.807, 2.05) is 6.92 Å². The maximum absolute atomic E-state index is 12.3. The maximum Gasteiger partial charge on any atom is 0.268 e. The van der Waals surface area contributed by atoms with Crippen LogP contribution in [0.1, 0.15) is 23.8 Å². The molecule has 1 heterocycles. The zero-order chi connectivity index (χ0) is 12.8. The van der Waals surface area contributed by atoms with Crippen LogP contribution in [0.4, 0.5) is 8.78 Å². The Morgan fingerprint density at radius 3 is 2.82 bits per heavy atom. The van der Waals surface area contributed by atoms with Gasteiger partial charge in [0, 0.05) is 18.8 Å². The Kier molecular flexibility index (Phi) is 5.09. The number of nitrogens with one attached hydrogen (secondary N) is 1. The molecule has 4 nitrogen and oxygen atoms in total. The Morgan fingerprint density at radius 2 is 2.29 bits per heavy atom. The molecule has 1 amide bonds. The fourth-order valence-electron chi connectivity index (χ4n) is 1.52. The van der Waals surface area contributed by atoms with Crippen molar-refractivity contribution >= 4 is 5.91 Å². The number of amides is 1. The van der Waals surface area contributed by atoms with E-state index < -0.39 is 13.0 Å². The lowest BCUT2D eigenvalue weighted by Gasteiger charge is -2.15. The lowest BCUT2D eigenvalue weighted by molar-refractivity contribution is 0.0914. The maximum atomic E-state index is 12.3. The Bertz CT molecular complexity index is 361. The van der Waals surface area contributed by atoms with Crippen molar-refractivity contribution in [3.63, 3.8) is 0 Å². The number of hydrogen-bond donors (Lipinski definition) is 2. The highest BCUT2D eigenvalue weighted by atomic mass is 19.3. The highest BCUT2D eigenvalue weighted by Gasteiger charge is 2.15. The predicted molar refractivity (Wildman–Crippen MR) is 61.0 cm³/mol. The molecule has 0 fully saturated rings. The monoisotopic (exact) mass is 245 g/mol. The third kappa shape index (κ3) is 3.81. The molecule has 96 valence electrons. The van der Waals surface area contributed by atoms with Gasteiger partial charge in [-0.25, -0.2) is 8.78 Å². The largest absolute Gasteiger partial charge is 0.347 e. The van der Waals surface area contributed by atoms with E-state index in [2.05, 4.69) is 5.32 Å². The normalized spacial score (nSPS) is 12.8. The Labute approximate surface area is 98.8 Å². The Morgan fingerprint density at radius 1 is 1.59 bits per heavy atom. The van der Waals surface area contributed by atoms with Gasteiger partial charge in [0.2, 0.25) is 0 Å². The molecule has 0 bridgehead atoms. The van der Waals surface area contributed by atoms with E-state index in [1.54, 1.807) is 6.07 Å². The summed E-state index contributed by atoms with van der Waals surface area (Å²) in [7, 11) is 0. The van der Waals surface area contributed by atoms with Crippen molar-refractivity contribution in [3.05, 3.63) is 24.0 Å². The summed E-state index contributed by atoms with van der Waals surface area (Å²) in [6.45, 7) is 1.75. The number of hydrogen-bond acceptors (Lipinski definition) is 2. The number of aromatic nitrogens is 1. The molecule has 6 heteroatoms. The molecule has 0 aliphatic rings. The average molecular weight is 245 g/mol. The minimum absolute atomic E-state index is 0.127. The van der Waals surface area contributed by atoms with E-state index in [4.69, 9.17) is 5.73 Å². The minimum Gasteiger partial charge on any atom is -0.347 e. The third-order valence-electron chi connectivity index (χ3n) is 2.51. The van der Waals surface area contributed by atoms with Crippen LogP contribution in [-0.4, -0.2) is 29.5 Å². The summed E-state index contributed by atoms with van der Waals surface area (Å²) < 4.78 is 25.8. The topological polar surface area (TPSA) is 60.0 Å². The van der Waals surface area contributed by atoms with Crippen LogP contribution in [0.2, 0.25) is 0 Å². The van der Waals surface area contributed by atoms with E-state index in [0.29, 0.717) is 13.0 Å². The number of nitrogens with zero attached hydrogens (tertiary/aromatic N) is 1. The van der Waals surface area contributed by atoms with E-state index in [9.17, 15) is 13.6 Å². The van der Waals surface area contributed by atoms with Crippen LogP contribution >= 0.6 is 0 Å². The highest BCUT2D eigenvalue weighted by Crippen LogP contribution is 2.07. The lowest BCUT2D eigenvalue weighted by Crippen LogP contribution is -2.40. The van der Waals surface area contributed by atoms with Gasteiger partial charge in [0.25, 0.3) is 12.3 Å². The molecule has 0 spiro atoms. The number of halogens is 2. The van der Waals surface area contributed by atoms with E-state index in [0.717, 1.165) is 0 Å². The second-order valence-corrected chi connectivity index (χ2v) is 3.75. The molecular formula is C11H17F2N3O. The van der Waals surface area contributed by atoms with Crippen LogP contribution in [0, 0.1) is 0 Å². The van der Waals surface area contributed by atoms with Crippen molar-refractivity contribution in [3.8, 4) is 0 Å². The van der Waals surface area contributed by atoms with Crippen molar-refractivity contribution in [1.82, 2.24) is 9.88 Å². The number of alkyl halides is 2. The zero-order valence-corrected chi connectivity index (χ0v) is 9.70. The molecule has 1 unspecified atom stereocenters. The molecule has 0 aromatic carbocycles. The van der Waals surface area contributed by atoms with Crippen molar-refractivity contribution in [1.29, 1.82) is 0 Å². The molecule has 17 heavy (non-hydrogen) atoms. The van der Waals surface area contributed by atoms with E-state index >= 15 is 0 Å². The number of carbonyl (C=O) groups is 1. The second-order valence-electron chi connectivity index (χ2n) is 3.75. The van der Waals surface area contributed by atoms with Gasteiger partial charge in [-0.3, -0.25) is 4.79 Å². The van der Waals surface area contributed by atoms with Crippen LogP contribution in [-0.2, 0) is 6.54 Å². The average Bonchev–Trinajstić information content (AvgIpc) is 2.72. The van der Waals surface area contributed by atoms with Gasteiger partial charge in [-0.2, -0.15) is 0 Å². The van der Waals surface area contributed by atoms with E-state index in [1.165, 1.54) is 16.8 Å². The van der Waals surface area contributed by atoms with Crippen molar-refractivity contribution in [2.45, 2.75) is 32.4 Å². The zero-order valence-electron chi connectivity index (χ0n) is 9.70. The van der Waals surface area contributed by atoms with Crippen LogP contribution in [0.25, 0.3) is 0 Å². The summed E-state index contributed by atoms with van der Waals surface area (Å²) in [5.74, 6) is -0.368. The third-order valence-corrected chi connectivity index (χ3v) is 2.51. The molecule has 0 radical (unpaired) electrons. The Hall–Kier alpha value is -1.43. The van der Waals surface area contributed by atoms with Crippen LogP contribution < -0.4 is 11.1 Å². The number of nitrogens with two attached hydrogens (primary N) is 1. The van der Waals surface area contributed by atoms with E-state index in [-0.39, 0.29) is 17.6 Å². The molecule has 3 N–H and O–H groups in total. The first-order valence-electron chi connectivity index (χ1n) is 5.52. The Balaban J connectivity index is 2.71. The summed E-state index contributed by atoms with van der Waals surface area (Å²) in [4.78, 5) is 11.8. The minimum atomic E-state index is -2.48. The lowest BCUT2D eigenvalue weighted by atomic mass is 10.2. The van der Waals surface area contributed by atoms with Crippen molar-refractivity contribution in [2.75, 3.05) is 6.54 Å². The molecule has 1 aromatic rings. The summed E-state index contributed by atoms with van der Waals surface area (Å²) >= 11 is 0. The van der Waals surface area contributed by atoms with Gasteiger partial charge in [0.15, 0.2) is 0 Å². The van der Waals surface area contributed by atoms with Gasteiger partial charge < -0.3 is 15.6 Å². The van der Waals surface area contributed by atoms with Gasteiger partial charge >= 0.3 is 0 Å². The van der Waals surface area contributed by atoms with Crippen LogP contribution in [0.15, 0.2) is 18.3 Å². The first kappa shape index (κ1) is 13.6. The molecule has 1 rings (SSSR count). The van der Waals surface area contributed by atoms with Crippen LogP contribution in [0.3, 0.4) is 0 Å². The first-order chi connectivity index (χ1) is 8.08. The fraction of sp³-hybridized carbons (Fsp3) is 0.545. The fourth-order valence-corrected chi connectivity index (χ4v) is 1.52. The standard InChI is InChI=1S/C11H17F2N3O/c1-2-8(6-14)15-11(17)9-4-3-5-16(9)7-10(12)13/h3-5,8,10H,2,6-7,14H2,1H3,(H,15,17). The van der Waals surface area contributed by atoms with Crippen LogP contribution in [0.5, 0.6) is 0 Å². The SMILES string of the molecule is CCC(CN)NC(=O)c1cccn1CC(F)F. The molecule has 1 aromatic heterocycles. The molecule has 0 aliphatic carbocycles. The van der Waals surface area contributed by atoms with Gasteiger partial charge in [-0.1, -0.05) is 6.92 Å². The van der Waals surface area contributed by atoms with Gasteiger partial charge in [-0.05, 0) is 18.6 Å².